The summed E-state index contributed by atoms with van der Waals surface area (Å²) in [7, 11) is 0. The van der Waals surface area contributed by atoms with Crippen molar-refractivity contribution in [1.82, 2.24) is 19.6 Å². The summed E-state index contributed by atoms with van der Waals surface area (Å²) in [5, 5.41) is 5.35. The first-order chi connectivity index (χ1) is 16.3. The Balaban J connectivity index is 1.37. The van der Waals surface area contributed by atoms with Gasteiger partial charge in [0.15, 0.2) is 0 Å². The molecular formula is C27H29ClN4O2. The van der Waals surface area contributed by atoms with Crippen LogP contribution in [-0.4, -0.2) is 57.6 Å². The fraction of sp³-hybridized carbons (Fsp3) is 0.296. The second-order valence-corrected chi connectivity index (χ2v) is 9.06. The van der Waals surface area contributed by atoms with E-state index in [1.807, 2.05) is 85.0 Å². The first-order valence-corrected chi connectivity index (χ1v) is 11.8. The molecule has 0 atom stereocenters. The van der Waals surface area contributed by atoms with Gasteiger partial charge in [0.2, 0.25) is 5.91 Å². The highest BCUT2D eigenvalue weighted by Crippen LogP contribution is 2.20. The van der Waals surface area contributed by atoms with Gasteiger partial charge in [-0.1, -0.05) is 47.5 Å². The molecule has 176 valence electrons. The Hall–Kier alpha value is -3.38. The Labute approximate surface area is 205 Å². The molecule has 0 radical (unpaired) electrons. The minimum atomic E-state index is -0.0555. The smallest absolute Gasteiger partial charge is 0.253 e. The Morgan fingerprint density at radius 2 is 1.59 bits per heavy atom. The van der Waals surface area contributed by atoms with Crippen LogP contribution in [-0.2, 0) is 11.3 Å². The highest BCUT2D eigenvalue weighted by molar-refractivity contribution is 6.31. The number of hydrogen-bond donors (Lipinski definition) is 0. The van der Waals surface area contributed by atoms with Crippen molar-refractivity contribution in [2.24, 2.45) is 0 Å². The first kappa shape index (κ1) is 23.8. The number of rotatable bonds is 5. The Morgan fingerprint density at radius 1 is 0.941 bits per heavy atom. The Kier molecular flexibility index (Phi) is 7.17. The van der Waals surface area contributed by atoms with Crippen molar-refractivity contribution in [3.63, 3.8) is 0 Å². The molecule has 0 saturated carbocycles. The van der Waals surface area contributed by atoms with E-state index in [2.05, 4.69) is 5.10 Å². The highest BCUT2D eigenvalue weighted by Gasteiger charge is 2.24. The average Bonchev–Trinajstić information content (AvgIpc) is 3.11. The summed E-state index contributed by atoms with van der Waals surface area (Å²) >= 11 is 6.30. The zero-order valence-corrected chi connectivity index (χ0v) is 20.5. The number of halogens is 1. The third-order valence-electron chi connectivity index (χ3n) is 6.29. The number of aryl methyl sites for hydroxylation is 2. The summed E-state index contributed by atoms with van der Waals surface area (Å²) in [5.41, 5.74) is 5.59. The molecule has 2 aromatic carbocycles. The van der Waals surface area contributed by atoms with E-state index in [-0.39, 0.29) is 11.8 Å². The molecule has 4 rings (SSSR count). The van der Waals surface area contributed by atoms with Gasteiger partial charge in [-0.05, 0) is 50.6 Å². The minimum absolute atomic E-state index is 0.0137. The Bertz CT molecular complexity index is 1220. The van der Waals surface area contributed by atoms with Crippen LogP contribution in [0, 0.1) is 20.8 Å². The van der Waals surface area contributed by atoms with Crippen molar-refractivity contribution < 1.29 is 9.59 Å². The maximum absolute atomic E-state index is 12.8. The van der Waals surface area contributed by atoms with Crippen LogP contribution in [0.3, 0.4) is 0 Å². The Morgan fingerprint density at radius 3 is 2.26 bits per heavy atom. The number of hydrogen-bond acceptors (Lipinski definition) is 3. The minimum Gasteiger partial charge on any atom is -0.336 e. The number of benzene rings is 2. The van der Waals surface area contributed by atoms with E-state index in [0.717, 1.165) is 28.1 Å². The maximum Gasteiger partial charge on any atom is 0.253 e. The molecule has 0 N–H and O–H groups in total. The van der Waals surface area contributed by atoms with Crippen LogP contribution in [0.15, 0.2) is 54.6 Å². The average molecular weight is 477 g/mol. The largest absolute Gasteiger partial charge is 0.336 e. The van der Waals surface area contributed by atoms with Gasteiger partial charge in [-0.15, -0.1) is 0 Å². The van der Waals surface area contributed by atoms with E-state index in [1.165, 1.54) is 0 Å². The summed E-state index contributed by atoms with van der Waals surface area (Å²) < 4.78 is 1.91. The van der Waals surface area contributed by atoms with Gasteiger partial charge in [0.05, 0.1) is 12.2 Å². The molecule has 2 heterocycles. The predicted octanol–water partition coefficient (Wildman–Crippen LogP) is 4.51. The van der Waals surface area contributed by atoms with Crippen LogP contribution in [0.5, 0.6) is 0 Å². The zero-order valence-electron chi connectivity index (χ0n) is 19.8. The van der Waals surface area contributed by atoms with E-state index in [9.17, 15) is 9.59 Å². The monoisotopic (exact) mass is 476 g/mol. The highest BCUT2D eigenvalue weighted by atomic mass is 35.5. The van der Waals surface area contributed by atoms with E-state index < -0.39 is 0 Å². The molecular weight excluding hydrogens is 448 g/mol. The van der Waals surface area contributed by atoms with Crippen molar-refractivity contribution in [1.29, 1.82) is 0 Å². The lowest BCUT2D eigenvalue weighted by Gasteiger charge is -2.34. The van der Waals surface area contributed by atoms with Gasteiger partial charge in [0.25, 0.3) is 5.91 Å². The molecule has 34 heavy (non-hydrogen) atoms. The zero-order chi connectivity index (χ0) is 24.2. The van der Waals surface area contributed by atoms with Crippen LogP contribution in [0.4, 0.5) is 0 Å². The van der Waals surface area contributed by atoms with Crippen molar-refractivity contribution in [3.8, 4) is 0 Å². The van der Waals surface area contributed by atoms with Crippen LogP contribution in [0.25, 0.3) is 6.08 Å². The van der Waals surface area contributed by atoms with E-state index in [0.29, 0.717) is 43.3 Å². The summed E-state index contributed by atoms with van der Waals surface area (Å²) in [5.74, 6) is -0.0417. The number of nitrogens with zero attached hydrogens (tertiary/aromatic N) is 4. The van der Waals surface area contributed by atoms with E-state index >= 15 is 0 Å². The molecule has 2 amide bonds. The van der Waals surface area contributed by atoms with Crippen molar-refractivity contribution in [3.05, 3.63) is 93.3 Å². The molecule has 1 fully saturated rings. The van der Waals surface area contributed by atoms with Gasteiger partial charge < -0.3 is 9.80 Å². The van der Waals surface area contributed by atoms with Crippen molar-refractivity contribution in [2.75, 3.05) is 26.2 Å². The van der Waals surface area contributed by atoms with Gasteiger partial charge in [0.1, 0.15) is 0 Å². The molecule has 0 spiro atoms. The second kappa shape index (κ2) is 10.3. The predicted molar refractivity (Wildman–Crippen MR) is 135 cm³/mol. The number of amides is 2. The quantitative estimate of drug-likeness (QED) is 0.509. The van der Waals surface area contributed by atoms with Gasteiger partial charge in [-0.25, -0.2) is 0 Å². The molecule has 0 unspecified atom stereocenters. The molecule has 0 aliphatic carbocycles. The summed E-state index contributed by atoms with van der Waals surface area (Å²) in [6.07, 6.45) is 3.45. The van der Waals surface area contributed by atoms with E-state index in [1.54, 1.807) is 11.0 Å². The number of piperazine rings is 1. The number of carbonyl (C=O) groups is 2. The van der Waals surface area contributed by atoms with Crippen LogP contribution < -0.4 is 0 Å². The summed E-state index contributed by atoms with van der Waals surface area (Å²) in [4.78, 5) is 29.1. The van der Waals surface area contributed by atoms with Gasteiger partial charge >= 0.3 is 0 Å². The molecule has 1 saturated heterocycles. The molecule has 0 bridgehead atoms. The molecule has 7 heteroatoms. The molecule has 6 nitrogen and oxygen atoms in total. The normalized spacial score (nSPS) is 14.1. The lowest BCUT2D eigenvalue weighted by molar-refractivity contribution is -0.127. The molecule has 3 aromatic rings. The fourth-order valence-electron chi connectivity index (χ4n) is 4.16. The van der Waals surface area contributed by atoms with E-state index in [4.69, 9.17) is 11.6 Å². The lowest BCUT2D eigenvalue weighted by atomic mass is 10.1. The van der Waals surface area contributed by atoms with Crippen LogP contribution in [0.1, 0.15) is 38.4 Å². The van der Waals surface area contributed by atoms with Crippen molar-refractivity contribution in [2.45, 2.75) is 27.3 Å². The van der Waals surface area contributed by atoms with Gasteiger partial charge in [-0.2, -0.15) is 5.10 Å². The van der Waals surface area contributed by atoms with Gasteiger partial charge in [0, 0.05) is 54.1 Å². The topological polar surface area (TPSA) is 58.4 Å². The lowest BCUT2D eigenvalue weighted by Crippen LogP contribution is -2.50. The SMILES string of the molecule is Cc1ccc(C(=O)N2CCN(C(=O)C=Cc3c(C)nn(Cc4ccccc4Cl)c3C)CC2)cc1. The van der Waals surface area contributed by atoms with Crippen molar-refractivity contribution >= 4 is 29.5 Å². The third-order valence-corrected chi connectivity index (χ3v) is 6.65. The molecule has 1 aliphatic rings. The summed E-state index contributed by atoms with van der Waals surface area (Å²) in [6, 6.07) is 15.3. The molecule has 1 aromatic heterocycles. The summed E-state index contributed by atoms with van der Waals surface area (Å²) in [6.45, 7) is 8.60. The second-order valence-electron chi connectivity index (χ2n) is 8.65. The number of carbonyl (C=O) groups excluding carboxylic acids is 2. The first-order valence-electron chi connectivity index (χ1n) is 11.4. The standard InChI is InChI=1S/C27H29ClN4O2/c1-19-8-10-22(11-9-19)27(34)31-16-14-30(15-17-31)26(33)13-12-24-20(2)29-32(21(24)3)18-23-6-4-5-7-25(23)28/h4-13H,14-18H2,1-3H3. The molecule has 1 aliphatic heterocycles. The number of aromatic nitrogens is 2. The van der Waals surface area contributed by atoms with Gasteiger partial charge in [-0.3, -0.25) is 14.3 Å². The van der Waals surface area contributed by atoms with Crippen LogP contribution in [0.2, 0.25) is 5.02 Å². The fourth-order valence-corrected chi connectivity index (χ4v) is 4.36. The maximum atomic E-state index is 12.8. The third kappa shape index (κ3) is 5.23. The van der Waals surface area contributed by atoms with Crippen LogP contribution >= 0.6 is 11.6 Å².